The van der Waals surface area contributed by atoms with E-state index in [0.717, 1.165) is 18.9 Å². The molecule has 138 valence electrons. The summed E-state index contributed by atoms with van der Waals surface area (Å²) in [7, 11) is 1.73. The van der Waals surface area contributed by atoms with E-state index in [-0.39, 0.29) is 0 Å². The van der Waals surface area contributed by atoms with Gasteiger partial charge in [0.1, 0.15) is 6.04 Å². The van der Waals surface area contributed by atoms with Gasteiger partial charge in [0.2, 0.25) is 0 Å². The average molecular weight is 346 g/mol. The molecule has 2 rings (SSSR count). The second-order valence-corrected chi connectivity index (χ2v) is 6.57. The molecular formula is C17H29F3N4. The molecule has 7 heteroatoms. The van der Waals surface area contributed by atoms with E-state index in [4.69, 9.17) is 0 Å². The Morgan fingerprint density at radius 2 is 1.96 bits per heavy atom. The molecule has 0 aromatic heterocycles. The van der Waals surface area contributed by atoms with E-state index >= 15 is 0 Å². The third kappa shape index (κ3) is 5.40. The van der Waals surface area contributed by atoms with Gasteiger partial charge in [0.05, 0.1) is 0 Å². The molecule has 1 heterocycles. The lowest BCUT2D eigenvalue weighted by molar-refractivity contribution is -0.181. The van der Waals surface area contributed by atoms with Crippen molar-refractivity contribution in [1.29, 1.82) is 0 Å². The fraction of sp³-hybridized carbons (Fsp3) is 0.824. The van der Waals surface area contributed by atoms with Crippen molar-refractivity contribution in [3.05, 3.63) is 11.6 Å². The van der Waals surface area contributed by atoms with Crippen LogP contribution in [0.1, 0.15) is 39.0 Å². The second-order valence-electron chi connectivity index (χ2n) is 6.57. The molecule has 4 nitrogen and oxygen atoms in total. The Hall–Kier alpha value is -1.24. The molecule has 0 saturated carbocycles. The van der Waals surface area contributed by atoms with E-state index in [2.05, 4.69) is 21.3 Å². The summed E-state index contributed by atoms with van der Waals surface area (Å²) in [6, 6.07) is -1.38. The normalized spacial score (nSPS) is 22.3. The number of nitrogens with zero attached hydrogens (tertiary/aromatic N) is 3. The highest BCUT2D eigenvalue weighted by Crippen LogP contribution is 2.25. The number of halogens is 3. The van der Waals surface area contributed by atoms with E-state index in [9.17, 15) is 13.2 Å². The zero-order valence-electron chi connectivity index (χ0n) is 14.7. The molecule has 1 saturated heterocycles. The summed E-state index contributed by atoms with van der Waals surface area (Å²) in [5.74, 6) is 0.797. The molecule has 1 unspecified atom stereocenters. The monoisotopic (exact) mass is 346 g/mol. The highest BCUT2D eigenvalue weighted by Gasteiger charge is 2.41. The maximum Gasteiger partial charge on any atom is 0.403 e. The van der Waals surface area contributed by atoms with E-state index in [1.54, 1.807) is 7.05 Å². The first-order valence-corrected chi connectivity index (χ1v) is 8.86. The lowest BCUT2D eigenvalue weighted by Gasteiger charge is -2.39. The van der Waals surface area contributed by atoms with Crippen LogP contribution in [0.2, 0.25) is 0 Å². The van der Waals surface area contributed by atoms with Crippen LogP contribution in [0.5, 0.6) is 0 Å². The standard InChI is InChI=1S/C17H29F3N4/c1-14(17(18,19)20)23-10-12-24(13-11-23)16(21-2)22-9-8-15-6-4-3-5-7-15/h6,14H,3-5,7-13H2,1-2H3,(H,21,22). The fourth-order valence-electron chi connectivity index (χ4n) is 3.33. The predicted molar refractivity (Wildman–Crippen MR) is 91.2 cm³/mol. The number of aliphatic imine (C=N–C) groups is 1. The Bertz CT molecular complexity index is 451. The van der Waals surface area contributed by atoms with Crippen LogP contribution >= 0.6 is 0 Å². The Balaban J connectivity index is 1.75. The minimum atomic E-state index is -4.16. The Morgan fingerprint density at radius 1 is 1.25 bits per heavy atom. The number of rotatable bonds is 4. The number of allylic oxidation sites excluding steroid dienone is 1. The smallest absolute Gasteiger partial charge is 0.356 e. The lowest BCUT2D eigenvalue weighted by Crippen LogP contribution is -2.56. The summed E-state index contributed by atoms with van der Waals surface area (Å²) in [4.78, 5) is 7.83. The number of nitrogens with one attached hydrogen (secondary N) is 1. The maximum atomic E-state index is 12.8. The van der Waals surface area contributed by atoms with Crippen LogP contribution in [0.4, 0.5) is 13.2 Å². The Kier molecular flexibility index (Phi) is 6.95. The topological polar surface area (TPSA) is 30.9 Å². The van der Waals surface area contributed by atoms with Gasteiger partial charge in [0.25, 0.3) is 0 Å². The molecule has 0 spiro atoms. The van der Waals surface area contributed by atoms with Crippen LogP contribution in [-0.4, -0.2) is 67.7 Å². The predicted octanol–water partition coefficient (Wildman–Crippen LogP) is 3.02. The average Bonchev–Trinajstić information content (AvgIpc) is 2.58. The molecule has 1 N–H and O–H groups in total. The molecule has 0 amide bonds. The van der Waals surface area contributed by atoms with Gasteiger partial charge in [-0.1, -0.05) is 11.6 Å². The molecule has 1 aliphatic heterocycles. The zero-order valence-corrected chi connectivity index (χ0v) is 14.7. The van der Waals surface area contributed by atoms with Gasteiger partial charge in [-0.2, -0.15) is 13.2 Å². The fourth-order valence-corrected chi connectivity index (χ4v) is 3.33. The number of hydrogen-bond donors (Lipinski definition) is 1. The molecule has 24 heavy (non-hydrogen) atoms. The van der Waals surface area contributed by atoms with E-state index < -0.39 is 12.2 Å². The van der Waals surface area contributed by atoms with E-state index in [1.165, 1.54) is 43.1 Å². The van der Waals surface area contributed by atoms with Crippen LogP contribution in [0.25, 0.3) is 0 Å². The van der Waals surface area contributed by atoms with Crippen molar-refractivity contribution in [2.45, 2.75) is 51.2 Å². The van der Waals surface area contributed by atoms with E-state index in [1.807, 2.05) is 0 Å². The van der Waals surface area contributed by atoms with Gasteiger partial charge in [-0.3, -0.25) is 9.89 Å². The molecule has 1 aliphatic carbocycles. The molecular weight excluding hydrogens is 317 g/mol. The van der Waals surface area contributed by atoms with Gasteiger partial charge in [-0.05, 0) is 39.0 Å². The molecule has 0 aromatic rings. The van der Waals surface area contributed by atoms with Crippen molar-refractivity contribution in [2.24, 2.45) is 4.99 Å². The summed E-state index contributed by atoms with van der Waals surface area (Å²) in [6.07, 6.45) is 4.14. The SMILES string of the molecule is CN=C(NCCC1=CCCCC1)N1CCN(C(C)C(F)(F)F)CC1. The van der Waals surface area contributed by atoms with Crippen molar-refractivity contribution in [2.75, 3.05) is 39.8 Å². The zero-order chi connectivity index (χ0) is 17.6. The third-order valence-electron chi connectivity index (χ3n) is 4.96. The van der Waals surface area contributed by atoms with Gasteiger partial charge in [0.15, 0.2) is 5.96 Å². The quantitative estimate of drug-likeness (QED) is 0.482. The van der Waals surface area contributed by atoms with E-state index in [0.29, 0.717) is 26.2 Å². The van der Waals surface area contributed by atoms with Crippen LogP contribution in [0.15, 0.2) is 16.6 Å². The summed E-state index contributed by atoms with van der Waals surface area (Å²) >= 11 is 0. The first-order valence-electron chi connectivity index (χ1n) is 8.86. The lowest BCUT2D eigenvalue weighted by atomic mass is 9.97. The van der Waals surface area contributed by atoms with Crippen molar-refractivity contribution >= 4 is 5.96 Å². The molecule has 1 atom stereocenters. The van der Waals surface area contributed by atoms with Gasteiger partial charge in [-0.15, -0.1) is 0 Å². The third-order valence-corrected chi connectivity index (χ3v) is 4.96. The highest BCUT2D eigenvalue weighted by molar-refractivity contribution is 5.80. The summed E-state index contributed by atoms with van der Waals surface area (Å²) in [6.45, 7) is 4.03. The molecule has 2 aliphatic rings. The van der Waals surface area contributed by atoms with Crippen molar-refractivity contribution in [1.82, 2.24) is 15.1 Å². The molecule has 0 aromatic carbocycles. The van der Waals surface area contributed by atoms with Crippen LogP contribution < -0.4 is 5.32 Å². The summed E-state index contributed by atoms with van der Waals surface area (Å²) in [5.41, 5.74) is 1.51. The molecule has 1 fully saturated rings. The van der Waals surface area contributed by atoms with Gasteiger partial charge in [0, 0.05) is 39.8 Å². The van der Waals surface area contributed by atoms with Crippen LogP contribution in [-0.2, 0) is 0 Å². The van der Waals surface area contributed by atoms with Gasteiger partial charge < -0.3 is 10.2 Å². The minimum absolute atomic E-state index is 0.409. The van der Waals surface area contributed by atoms with Crippen molar-refractivity contribution in [3.63, 3.8) is 0 Å². The molecule has 0 radical (unpaired) electrons. The first-order chi connectivity index (χ1) is 11.4. The number of piperazine rings is 1. The maximum absolute atomic E-state index is 12.8. The number of guanidine groups is 1. The molecule has 0 bridgehead atoms. The van der Waals surface area contributed by atoms with Gasteiger partial charge in [-0.25, -0.2) is 0 Å². The summed E-state index contributed by atoms with van der Waals surface area (Å²) in [5, 5.41) is 3.36. The largest absolute Gasteiger partial charge is 0.403 e. The van der Waals surface area contributed by atoms with Crippen LogP contribution in [0, 0.1) is 0 Å². The Labute approximate surface area is 142 Å². The van der Waals surface area contributed by atoms with Crippen LogP contribution in [0.3, 0.4) is 0 Å². The second kappa shape index (κ2) is 8.74. The number of alkyl halides is 3. The van der Waals surface area contributed by atoms with Crippen molar-refractivity contribution < 1.29 is 13.2 Å². The highest BCUT2D eigenvalue weighted by atomic mass is 19.4. The van der Waals surface area contributed by atoms with Crippen molar-refractivity contribution in [3.8, 4) is 0 Å². The summed E-state index contributed by atoms with van der Waals surface area (Å²) < 4.78 is 38.4. The number of hydrogen-bond acceptors (Lipinski definition) is 2. The Morgan fingerprint density at radius 3 is 2.50 bits per heavy atom. The first kappa shape index (κ1) is 19.1. The van der Waals surface area contributed by atoms with Gasteiger partial charge >= 0.3 is 6.18 Å². The minimum Gasteiger partial charge on any atom is -0.356 e.